The molecule has 1 N–H and O–H groups in total. The van der Waals surface area contributed by atoms with Crippen LogP contribution in [0.1, 0.15) is 51.9 Å². The van der Waals surface area contributed by atoms with Crippen LogP contribution in [0, 0.1) is 6.92 Å². The Morgan fingerprint density at radius 3 is 2.30 bits per heavy atom. The maximum atomic E-state index is 5.75. The van der Waals surface area contributed by atoms with Gasteiger partial charge in [0, 0.05) is 13.0 Å². The van der Waals surface area contributed by atoms with E-state index in [1.807, 2.05) is 34.7 Å². The summed E-state index contributed by atoms with van der Waals surface area (Å²) >= 11 is 0. The smallest absolute Gasteiger partial charge is 0.221 e. The van der Waals surface area contributed by atoms with Crippen molar-refractivity contribution in [1.29, 1.82) is 0 Å². The largest absolute Gasteiger partial charge is 0.475 e. The van der Waals surface area contributed by atoms with Gasteiger partial charge in [-0.05, 0) is 27.7 Å². The predicted octanol–water partition coefficient (Wildman–Crippen LogP) is 3.14. The fraction of sp³-hybridized carbons (Fsp3) is 0.733. The van der Waals surface area contributed by atoms with E-state index >= 15 is 0 Å². The lowest BCUT2D eigenvalue weighted by Gasteiger charge is -2.20. The van der Waals surface area contributed by atoms with Crippen molar-refractivity contribution in [3.63, 3.8) is 0 Å². The number of aromatic nitrogens is 2. The van der Waals surface area contributed by atoms with Gasteiger partial charge in [-0.1, -0.05) is 13.8 Å². The SMILES string of the molecule is CNc1nc(C(C)C)nc(OCCOC(C)(C)C)c1C. The second-order valence-electron chi connectivity index (χ2n) is 6.07. The second-order valence-corrected chi connectivity index (χ2v) is 6.07. The molecule has 5 nitrogen and oxygen atoms in total. The summed E-state index contributed by atoms with van der Waals surface area (Å²) in [6.45, 7) is 13.2. The van der Waals surface area contributed by atoms with E-state index in [4.69, 9.17) is 9.47 Å². The minimum absolute atomic E-state index is 0.149. The third kappa shape index (κ3) is 4.96. The highest BCUT2D eigenvalue weighted by atomic mass is 16.5. The van der Waals surface area contributed by atoms with Crippen LogP contribution in [0.2, 0.25) is 0 Å². The van der Waals surface area contributed by atoms with Crippen molar-refractivity contribution in [3.8, 4) is 5.88 Å². The topological polar surface area (TPSA) is 56.3 Å². The Labute approximate surface area is 122 Å². The average molecular weight is 281 g/mol. The van der Waals surface area contributed by atoms with Crippen LogP contribution in [0.5, 0.6) is 5.88 Å². The van der Waals surface area contributed by atoms with E-state index in [9.17, 15) is 0 Å². The van der Waals surface area contributed by atoms with Crippen molar-refractivity contribution in [2.24, 2.45) is 0 Å². The van der Waals surface area contributed by atoms with Gasteiger partial charge in [0.25, 0.3) is 0 Å². The first-order valence-corrected chi connectivity index (χ1v) is 7.07. The molecule has 0 aromatic carbocycles. The molecule has 5 heteroatoms. The minimum Gasteiger partial charge on any atom is -0.475 e. The summed E-state index contributed by atoms with van der Waals surface area (Å²) in [5.41, 5.74) is 0.774. The number of rotatable bonds is 6. The predicted molar refractivity (Wildman–Crippen MR) is 81.6 cm³/mol. The third-order valence-corrected chi connectivity index (χ3v) is 2.73. The van der Waals surface area contributed by atoms with Gasteiger partial charge in [-0.25, -0.2) is 4.98 Å². The molecule has 0 aliphatic heterocycles. The zero-order chi connectivity index (χ0) is 15.3. The van der Waals surface area contributed by atoms with Crippen molar-refractivity contribution < 1.29 is 9.47 Å². The monoisotopic (exact) mass is 281 g/mol. The summed E-state index contributed by atoms with van der Waals surface area (Å²) in [5, 5.41) is 3.08. The van der Waals surface area contributed by atoms with Crippen molar-refractivity contribution in [3.05, 3.63) is 11.4 Å². The van der Waals surface area contributed by atoms with Gasteiger partial charge >= 0.3 is 0 Å². The minimum atomic E-state index is -0.149. The Morgan fingerprint density at radius 2 is 1.80 bits per heavy atom. The fourth-order valence-electron chi connectivity index (χ4n) is 1.64. The van der Waals surface area contributed by atoms with Gasteiger partial charge in [0.2, 0.25) is 5.88 Å². The molecule has 0 saturated carbocycles. The molecule has 20 heavy (non-hydrogen) atoms. The van der Waals surface area contributed by atoms with Crippen LogP contribution in [0.4, 0.5) is 5.82 Å². The normalized spacial score (nSPS) is 11.8. The van der Waals surface area contributed by atoms with E-state index in [-0.39, 0.29) is 11.5 Å². The standard InChI is InChI=1S/C15H27N3O2/c1-10(2)12-17-13(16-7)11(3)14(18-12)19-8-9-20-15(4,5)6/h10H,8-9H2,1-7H3,(H,16,17,18). The van der Waals surface area contributed by atoms with Gasteiger partial charge in [0.15, 0.2) is 0 Å². The number of ether oxygens (including phenoxy) is 2. The van der Waals surface area contributed by atoms with Gasteiger partial charge < -0.3 is 14.8 Å². The van der Waals surface area contributed by atoms with Gasteiger partial charge in [0.1, 0.15) is 18.2 Å². The van der Waals surface area contributed by atoms with E-state index < -0.39 is 0 Å². The number of nitrogens with one attached hydrogen (secondary N) is 1. The molecule has 0 saturated heterocycles. The number of hydrogen-bond acceptors (Lipinski definition) is 5. The third-order valence-electron chi connectivity index (χ3n) is 2.73. The van der Waals surface area contributed by atoms with Gasteiger partial charge in [-0.3, -0.25) is 0 Å². The van der Waals surface area contributed by atoms with E-state index in [0.29, 0.717) is 19.1 Å². The molecule has 0 bridgehead atoms. The average Bonchev–Trinajstić information content (AvgIpc) is 2.34. The molecule has 0 aliphatic rings. The molecule has 0 radical (unpaired) electrons. The highest BCUT2D eigenvalue weighted by Crippen LogP contribution is 2.24. The van der Waals surface area contributed by atoms with Crippen LogP contribution in [0.15, 0.2) is 0 Å². The zero-order valence-corrected chi connectivity index (χ0v) is 13.7. The Bertz CT molecular complexity index is 439. The lowest BCUT2D eigenvalue weighted by molar-refractivity contribution is -0.0169. The molecule has 0 fully saturated rings. The van der Waals surface area contributed by atoms with E-state index in [1.54, 1.807) is 0 Å². The van der Waals surface area contributed by atoms with Crippen LogP contribution in [0.3, 0.4) is 0 Å². The Balaban J connectivity index is 2.75. The van der Waals surface area contributed by atoms with Gasteiger partial charge in [-0.15, -0.1) is 0 Å². The van der Waals surface area contributed by atoms with E-state index in [2.05, 4.69) is 29.1 Å². The molecular formula is C15H27N3O2. The molecule has 1 aromatic heterocycles. The lowest BCUT2D eigenvalue weighted by Crippen LogP contribution is -2.23. The van der Waals surface area contributed by atoms with Crippen molar-refractivity contribution in [2.75, 3.05) is 25.6 Å². The second kappa shape index (κ2) is 6.88. The summed E-state index contributed by atoms with van der Waals surface area (Å²) in [4.78, 5) is 8.97. The molecule has 0 spiro atoms. The highest BCUT2D eigenvalue weighted by molar-refractivity contribution is 5.48. The summed E-state index contributed by atoms with van der Waals surface area (Å²) in [7, 11) is 1.85. The molecular weight excluding hydrogens is 254 g/mol. The molecule has 0 unspecified atom stereocenters. The molecule has 114 valence electrons. The van der Waals surface area contributed by atoms with Crippen molar-refractivity contribution in [1.82, 2.24) is 9.97 Å². The molecule has 1 rings (SSSR count). The number of anilines is 1. The quantitative estimate of drug-likeness (QED) is 0.812. The maximum Gasteiger partial charge on any atom is 0.221 e. The molecule has 0 atom stereocenters. The van der Waals surface area contributed by atoms with Crippen LogP contribution in [-0.4, -0.2) is 35.8 Å². The zero-order valence-electron chi connectivity index (χ0n) is 13.7. The van der Waals surface area contributed by atoms with Crippen LogP contribution in [-0.2, 0) is 4.74 Å². The first-order valence-electron chi connectivity index (χ1n) is 7.07. The Kier molecular flexibility index (Phi) is 5.74. The first kappa shape index (κ1) is 16.7. The van der Waals surface area contributed by atoms with Crippen LogP contribution < -0.4 is 10.1 Å². The summed E-state index contributed by atoms with van der Waals surface area (Å²) in [6, 6.07) is 0. The lowest BCUT2D eigenvalue weighted by atomic mass is 10.2. The number of nitrogens with zero attached hydrogens (tertiary/aromatic N) is 2. The highest BCUT2D eigenvalue weighted by Gasteiger charge is 2.14. The summed E-state index contributed by atoms with van der Waals surface area (Å²) in [6.07, 6.45) is 0. The Morgan fingerprint density at radius 1 is 1.15 bits per heavy atom. The van der Waals surface area contributed by atoms with Crippen molar-refractivity contribution in [2.45, 2.75) is 53.1 Å². The van der Waals surface area contributed by atoms with Gasteiger partial charge in [0.05, 0.1) is 17.8 Å². The molecule has 0 aliphatic carbocycles. The summed E-state index contributed by atoms with van der Waals surface area (Å²) < 4.78 is 11.4. The van der Waals surface area contributed by atoms with Crippen molar-refractivity contribution >= 4 is 5.82 Å². The first-order chi connectivity index (χ1) is 9.24. The molecule has 0 amide bonds. The maximum absolute atomic E-state index is 5.75. The van der Waals surface area contributed by atoms with E-state index in [0.717, 1.165) is 17.2 Å². The van der Waals surface area contributed by atoms with E-state index in [1.165, 1.54) is 0 Å². The van der Waals surface area contributed by atoms with Gasteiger partial charge in [-0.2, -0.15) is 4.98 Å². The fourth-order valence-corrected chi connectivity index (χ4v) is 1.64. The Hall–Kier alpha value is -1.36. The molecule has 1 aromatic rings. The number of hydrogen-bond donors (Lipinski definition) is 1. The van der Waals surface area contributed by atoms with Crippen LogP contribution >= 0.6 is 0 Å². The van der Waals surface area contributed by atoms with Crippen LogP contribution in [0.25, 0.3) is 0 Å². The molecule has 1 heterocycles. The summed E-state index contributed by atoms with van der Waals surface area (Å²) in [5.74, 6) is 2.49.